The summed E-state index contributed by atoms with van der Waals surface area (Å²) >= 11 is 0. The lowest BCUT2D eigenvalue weighted by Crippen LogP contribution is -2.25. The monoisotopic (exact) mass is 398 g/mol. The summed E-state index contributed by atoms with van der Waals surface area (Å²) in [6, 6.07) is 22.4. The molecule has 1 N–H and O–H groups in total. The van der Waals surface area contributed by atoms with Crippen LogP contribution in [0.1, 0.15) is 45.4 Å². The second-order valence-corrected chi connectivity index (χ2v) is 7.63. The number of aliphatic hydroxyl groups is 1. The molecule has 2 aliphatic rings. The van der Waals surface area contributed by atoms with Crippen molar-refractivity contribution in [2.24, 2.45) is 10.2 Å². The Labute approximate surface area is 173 Å². The molecule has 0 aromatic heterocycles. The minimum Gasteiger partial charge on any atom is -0.507 e. The van der Waals surface area contributed by atoms with Gasteiger partial charge in [-0.25, -0.2) is 4.39 Å². The Morgan fingerprint density at radius 2 is 1.47 bits per heavy atom. The number of nitrogens with zero attached hydrogens (tertiary/aromatic N) is 2. The van der Waals surface area contributed by atoms with E-state index in [1.165, 1.54) is 12.1 Å². The molecule has 5 rings (SSSR count). The number of benzene rings is 3. The summed E-state index contributed by atoms with van der Waals surface area (Å²) in [5, 5.41) is 19.7. The highest BCUT2D eigenvalue weighted by Crippen LogP contribution is 2.45. The van der Waals surface area contributed by atoms with Crippen LogP contribution in [-0.4, -0.2) is 16.9 Å². The fourth-order valence-electron chi connectivity index (χ4n) is 4.40. The van der Waals surface area contributed by atoms with Gasteiger partial charge in [-0.3, -0.25) is 4.79 Å². The molecule has 0 radical (unpaired) electrons. The van der Waals surface area contributed by atoms with E-state index in [-0.39, 0.29) is 29.3 Å². The van der Waals surface area contributed by atoms with Gasteiger partial charge in [0, 0.05) is 17.0 Å². The van der Waals surface area contributed by atoms with Crippen molar-refractivity contribution in [3.63, 3.8) is 0 Å². The maximum absolute atomic E-state index is 13.4. The van der Waals surface area contributed by atoms with Crippen LogP contribution in [0.3, 0.4) is 0 Å². The number of ketones is 1. The highest BCUT2D eigenvalue weighted by atomic mass is 19.1. The average Bonchev–Trinajstić information content (AvgIpc) is 3.05. The van der Waals surface area contributed by atoms with Gasteiger partial charge in [-0.05, 0) is 29.7 Å². The van der Waals surface area contributed by atoms with E-state index in [4.69, 9.17) is 0 Å². The van der Waals surface area contributed by atoms with Gasteiger partial charge in [0.15, 0.2) is 5.78 Å². The third-order valence-corrected chi connectivity index (χ3v) is 5.89. The summed E-state index contributed by atoms with van der Waals surface area (Å²) in [5.74, 6) is -0.563. The fraction of sp³-hybridized carbons (Fsp3) is 0.160. The number of Topliss-reactive ketones (excluding diaryl/α,β-unsaturated/α-hetero) is 1. The van der Waals surface area contributed by atoms with Gasteiger partial charge < -0.3 is 5.11 Å². The van der Waals surface area contributed by atoms with Crippen molar-refractivity contribution < 1.29 is 14.3 Å². The second-order valence-electron chi connectivity index (χ2n) is 7.63. The smallest absolute Gasteiger partial charge is 0.195 e. The fourth-order valence-corrected chi connectivity index (χ4v) is 4.40. The van der Waals surface area contributed by atoms with Crippen molar-refractivity contribution in [2.75, 3.05) is 0 Å². The van der Waals surface area contributed by atoms with E-state index in [0.29, 0.717) is 23.1 Å². The SMILES string of the molecule is O=C1C([C@H]2C[C@H](c3ccccc3)[C@@H](c3ccc(F)cc3)N=N2)=C(O)c2ccccc21. The van der Waals surface area contributed by atoms with Gasteiger partial charge in [-0.2, -0.15) is 10.2 Å². The number of aliphatic hydroxyl groups excluding tert-OH is 1. The van der Waals surface area contributed by atoms with Gasteiger partial charge >= 0.3 is 0 Å². The standard InChI is InChI=1S/C25H19FN2O2/c26-17-12-10-16(11-13-17)23-20(15-6-2-1-3-7-15)14-21(27-28-23)22-24(29)18-8-4-5-9-19(18)25(22)30/h1-13,20-21,23,29H,14H2/t20-,21-,23-/m1/s1. The molecule has 0 fully saturated rings. The molecule has 5 heteroatoms. The van der Waals surface area contributed by atoms with Crippen LogP contribution in [0.2, 0.25) is 0 Å². The zero-order valence-corrected chi connectivity index (χ0v) is 16.1. The Morgan fingerprint density at radius 3 is 2.17 bits per heavy atom. The maximum Gasteiger partial charge on any atom is 0.195 e. The molecule has 3 aromatic carbocycles. The number of rotatable bonds is 3. The van der Waals surface area contributed by atoms with Gasteiger partial charge in [-0.1, -0.05) is 66.7 Å². The molecule has 1 heterocycles. The van der Waals surface area contributed by atoms with Crippen LogP contribution in [0.15, 0.2) is 94.7 Å². The molecule has 0 spiro atoms. The molecular formula is C25H19FN2O2. The van der Waals surface area contributed by atoms with E-state index in [1.807, 2.05) is 30.3 Å². The lowest BCUT2D eigenvalue weighted by Gasteiger charge is -2.31. The molecular weight excluding hydrogens is 379 g/mol. The van der Waals surface area contributed by atoms with E-state index >= 15 is 0 Å². The lowest BCUT2D eigenvalue weighted by molar-refractivity contribution is 0.102. The minimum absolute atomic E-state index is 0.00778. The molecule has 148 valence electrons. The number of carbonyl (C=O) groups excluding carboxylic acids is 1. The number of hydrogen-bond donors (Lipinski definition) is 1. The van der Waals surface area contributed by atoms with Gasteiger partial charge in [0.25, 0.3) is 0 Å². The first kappa shape index (κ1) is 18.4. The zero-order chi connectivity index (χ0) is 20.7. The van der Waals surface area contributed by atoms with E-state index in [2.05, 4.69) is 10.2 Å². The normalized spacial score (nSPS) is 23.0. The van der Waals surface area contributed by atoms with Crippen LogP contribution in [0.4, 0.5) is 4.39 Å². The Balaban J connectivity index is 1.56. The van der Waals surface area contributed by atoms with Gasteiger partial charge in [0.05, 0.1) is 5.57 Å². The number of carbonyl (C=O) groups is 1. The summed E-state index contributed by atoms with van der Waals surface area (Å²) in [6.45, 7) is 0. The molecule has 0 saturated heterocycles. The third kappa shape index (κ3) is 3.03. The van der Waals surface area contributed by atoms with Crippen LogP contribution in [0, 0.1) is 5.82 Å². The van der Waals surface area contributed by atoms with Crippen molar-refractivity contribution in [1.82, 2.24) is 0 Å². The van der Waals surface area contributed by atoms with E-state index in [0.717, 1.165) is 11.1 Å². The predicted molar refractivity (Wildman–Crippen MR) is 112 cm³/mol. The first-order valence-electron chi connectivity index (χ1n) is 9.91. The van der Waals surface area contributed by atoms with Crippen LogP contribution in [0.25, 0.3) is 5.76 Å². The summed E-state index contributed by atoms with van der Waals surface area (Å²) in [6.07, 6.45) is 0.522. The number of halogens is 1. The summed E-state index contributed by atoms with van der Waals surface area (Å²) < 4.78 is 13.4. The van der Waals surface area contributed by atoms with E-state index in [1.54, 1.807) is 36.4 Å². The number of hydrogen-bond acceptors (Lipinski definition) is 4. The lowest BCUT2D eigenvalue weighted by atomic mass is 9.80. The molecule has 0 unspecified atom stereocenters. The maximum atomic E-state index is 13.4. The Hall–Kier alpha value is -3.60. The molecule has 0 bridgehead atoms. The van der Waals surface area contributed by atoms with Crippen LogP contribution in [-0.2, 0) is 0 Å². The van der Waals surface area contributed by atoms with Crippen LogP contribution < -0.4 is 0 Å². The van der Waals surface area contributed by atoms with Gasteiger partial charge in [0.1, 0.15) is 23.7 Å². The van der Waals surface area contributed by atoms with Crippen molar-refractivity contribution >= 4 is 11.5 Å². The number of fused-ring (bicyclic) bond motifs is 1. The molecule has 0 amide bonds. The Morgan fingerprint density at radius 1 is 0.800 bits per heavy atom. The predicted octanol–water partition coefficient (Wildman–Crippen LogP) is 6.04. The Kier molecular flexibility index (Phi) is 4.51. The highest BCUT2D eigenvalue weighted by Gasteiger charge is 2.40. The highest BCUT2D eigenvalue weighted by molar-refractivity contribution is 6.20. The molecule has 4 nitrogen and oxygen atoms in total. The van der Waals surface area contributed by atoms with Crippen molar-refractivity contribution in [2.45, 2.75) is 24.4 Å². The molecule has 3 atom stereocenters. The summed E-state index contributed by atoms with van der Waals surface area (Å²) in [5.41, 5.74) is 3.28. The molecule has 0 saturated carbocycles. The van der Waals surface area contributed by atoms with Crippen LogP contribution >= 0.6 is 0 Å². The van der Waals surface area contributed by atoms with Gasteiger partial charge in [0.2, 0.25) is 0 Å². The van der Waals surface area contributed by atoms with Gasteiger partial charge in [-0.15, -0.1) is 0 Å². The van der Waals surface area contributed by atoms with Crippen LogP contribution in [0.5, 0.6) is 0 Å². The second kappa shape index (κ2) is 7.34. The van der Waals surface area contributed by atoms with Crippen molar-refractivity contribution in [3.8, 4) is 0 Å². The van der Waals surface area contributed by atoms with Crippen molar-refractivity contribution in [3.05, 3.63) is 113 Å². The zero-order valence-electron chi connectivity index (χ0n) is 16.1. The van der Waals surface area contributed by atoms with Crippen molar-refractivity contribution in [1.29, 1.82) is 0 Å². The first-order chi connectivity index (χ1) is 14.6. The molecule has 1 aliphatic heterocycles. The quantitative estimate of drug-likeness (QED) is 0.584. The first-order valence-corrected chi connectivity index (χ1v) is 9.91. The van der Waals surface area contributed by atoms with E-state index < -0.39 is 6.04 Å². The van der Waals surface area contributed by atoms with E-state index in [9.17, 15) is 14.3 Å². The Bertz CT molecular complexity index is 1170. The number of azo groups is 1. The average molecular weight is 398 g/mol. The molecule has 3 aromatic rings. The topological polar surface area (TPSA) is 62.0 Å². The largest absolute Gasteiger partial charge is 0.507 e. The third-order valence-electron chi connectivity index (χ3n) is 5.89. The molecule has 1 aliphatic carbocycles. The summed E-state index contributed by atoms with van der Waals surface area (Å²) in [4.78, 5) is 13.0. The summed E-state index contributed by atoms with van der Waals surface area (Å²) in [7, 11) is 0. The minimum atomic E-state index is -0.535. The molecule has 30 heavy (non-hydrogen) atoms.